The minimum atomic E-state index is 0.429. The van der Waals surface area contributed by atoms with Gasteiger partial charge in [-0.15, -0.1) is 0 Å². The lowest BCUT2D eigenvalue weighted by molar-refractivity contribution is 1.40. The van der Waals surface area contributed by atoms with E-state index in [1.54, 1.807) is 7.05 Å². The van der Waals surface area contributed by atoms with E-state index in [2.05, 4.69) is 18.2 Å². The van der Waals surface area contributed by atoms with Gasteiger partial charge in [0.05, 0.1) is 0 Å². The summed E-state index contributed by atoms with van der Waals surface area (Å²) in [4.78, 5) is 3.87. The van der Waals surface area contributed by atoms with Gasteiger partial charge in [-0.25, -0.2) is 0 Å². The van der Waals surface area contributed by atoms with Crippen LogP contribution in [0, 0.1) is 0 Å². The Labute approximate surface area is 84.5 Å². The van der Waals surface area contributed by atoms with E-state index >= 15 is 0 Å². The Morgan fingerprint density at radius 3 is 2.29 bits per heavy atom. The summed E-state index contributed by atoms with van der Waals surface area (Å²) in [6, 6.07) is 9.80. The number of amidine groups is 1. The molecule has 2 nitrogen and oxygen atoms in total. The van der Waals surface area contributed by atoms with Gasteiger partial charge in [-0.1, -0.05) is 43.5 Å². The van der Waals surface area contributed by atoms with Crippen LogP contribution in [0.2, 0.25) is 0 Å². The number of hydrogen-bond donors (Lipinski definition) is 1. The van der Waals surface area contributed by atoms with E-state index in [4.69, 9.17) is 5.73 Å². The third kappa shape index (κ3) is 2.10. The van der Waals surface area contributed by atoms with Crippen molar-refractivity contribution in [1.82, 2.24) is 0 Å². The Morgan fingerprint density at radius 2 is 1.79 bits per heavy atom. The van der Waals surface area contributed by atoms with E-state index in [9.17, 15) is 0 Å². The highest BCUT2D eigenvalue weighted by Crippen LogP contribution is 2.19. The van der Waals surface area contributed by atoms with Crippen LogP contribution in [0.25, 0.3) is 5.57 Å². The Balaban J connectivity index is 2.93. The lowest BCUT2D eigenvalue weighted by Crippen LogP contribution is -2.14. The van der Waals surface area contributed by atoms with Crippen molar-refractivity contribution in [2.24, 2.45) is 10.7 Å². The molecule has 2 heteroatoms. The molecule has 0 atom stereocenters. The number of benzene rings is 1. The second-order valence-electron chi connectivity index (χ2n) is 2.93. The second-order valence-corrected chi connectivity index (χ2v) is 2.93. The molecule has 0 fully saturated rings. The fraction of sp³-hybridized carbons (Fsp3) is 0.0833. The maximum atomic E-state index is 5.64. The van der Waals surface area contributed by atoms with Gasteiger partial charge in [0.1, 0.15) is 5.84 Å². The van der Waals surface area contributed by atoms with E-state index < -0.39 is 0 Å². The van der Waals surface area contributed by atoms with Crippen molar-refractivity contribution in [1.29, 1.82) is 0 Å². The lowest BCUT2D eigenvalue weighted by atomic mass is 10.0. The van der Waals surface area contributed by atoms with Crippen LogP contribution >= 0.6 is 0 Å². The summed E-state index contributed by atoms with van der Waals surface area (Å²) in [6.45, 7) is 7.78. The molecule has 0 amide bonds. The molecule has 1 rings (SSSR count). The van der Waals surface area contributed by atoms with Crippen LogP contribution in [-0.2, 0) is 0 Å². The van der Waals surface area contributed by atoms with Crippen molar-refractivity contribution in [3.63, 3.8) is 0 Å². The monoisotopic (exact) mass is 186 g/mol. The van der Waals surface area contributed by atoms with Gasteiger partial charge >= 0.3 is 0 Å². The Kier molecular flexibility index (Phi) is 3.24. The summed E-state index contributed by atoms with van der Waals surface area (Å²) in [6.07, 6.45) is 0. The predicted molar refractivity (Wildman–Crippen MR) is 62.2 cm³/mol. The van der Waals surface area contributed by atoms with E-state index in [1.165, 1.54) is 0 Å². The van der Waals surface area contributed by atoms with Gasteiger partial charge in [0.25, 0.3) is 0 Å². The molecule has 0 spiro atoms. The Hall–Kier alpha value is -1.83. The zero-order chi connectivity index (χ0) is 10.6. The highest BCUT2D eigenvalue weighted by atomic mass is 14.8. The van der Waals surface area contributed by atoms with Gasteiger partial charge in [0.2, 0.25) is 0 Å². The Morgan fingerprint density at radius 1 is 1.21 bits per heavy atom. The molecular formula is C12H14N2. The van der Waals surface area contributed by atoms with Gasteiger partial charge in [-0.3, -0.25) is 4.99 Å². The van der Waals surface area contributed by atoms with E-state index in [0.29, 0.717) is 11.4 Å². The predicted octanol–water partition coefficient (Wildman–Crippen LogP) is 2.24. The van der Waals surface area contributed by atoms with Crippen LogP contribution in [0.4, 0.5) is 0 Å². The second kappa shape index (κ2) is 4.42. The van der Waals surface area contributed by atoms with Gasteiger partial charge in [0, 0.05) is 12.6 Å². The third-order valence-corrected chi connectivity index (χ3v) is 2.04. The summed E-state index contributed by atoms with van der Waals surface area (Å²) < 4.78 is 0. The average Bonchev–Trinajstić information content (AvgIpc) is 2.27. The smallest absolute Gasteiger partial charge is 0.125 e. The molecule has 0 aliphatic carbocycles. The van der Waals surface area contributed by atoms with Gasteiger partial charge in [-0.05, 0) is 11.1 Å². The zero-order valence-electron chi connectivity index (χ0n) is 8.33. The fourth-order valence-corrected chi connectivity index (χ4v) is 1.10. The first kappa shape index (κ1) is 10.3. The van der Waals surface area contributed by atoms with Crippen LogP contribution in [0.15, 0.2) is 54.1 Å². The highest BCUT2D eigenvalue weighted by molar-refractivity contribution is 6.10. The molecule has 0 saturated carbocycles. The van der Waals surface area contributed by atoms with E-state index in [0.717, 1.165) is 11.1 Å². The summed E-state index contributed by atoms with van der Waals surface area (Å²) >= 11 is 0. The Bertz CT molecular complexity index is 375. The van der Waals surface area contributed by atoms with Crippen molar-refractivity contribution in [3.05, 3.63) is 54.6 Å². The highest BCUT2D eigenvalue weighted by Gasteiger charge is 2.05. The topological polar surface area (TPSA) is 38.4 Å². The maximum absolute atomic E-state index is 5.64. The summed E-state index contributed by atoms with van der Waals surface area (Å²) in [5.74, 6) is 0.429. The lowest BCUT2D eigenvalue weighted by Gasteiger charge is -2.08. The molecule has 0 heterocycles. The molecule has 1 aromatic carbocycles. The van der Waals surface area contributed by atoms with Crippen molar-refractivity contribution in [2.75, 3.05) is 7.05 Å². The molecule has 0 bridgehead atoms. The summed E-state index contributed by atoms with van der Waals surface area (Å²) in [7, 11) is 1.64. The summed E-state index contributed by atoms with van der Waals surface area (Å²) in [5.41, 5.74) is 8.16. The van der Waals surface area contributed by atoms with Crippen LogP contribution < -0.4 is 5.73 Å². The minimum absolute atomic E-state index is 0.429. The first-order valence-corrected chi connectivity index (χ1v) is 4.33. The molecule has 0 aromatic heterocycles. The molecule has 14 heavy (non-hydrogen) atoms. The normalized spacial score (nSPS) is 11.1. The van der Waals surface area contributed by atoms with E-state index in [1.807, 2.05) is 30.3 Å². The largest absolute Gasteiger partial charge is 0.384 e. The molecule has 0 saturated heterocycles. The first-order valence-electron chi connectivity index (χ1n) is 4.33. The zero-order valence-corrected chi connectivity index (χ0v) is 8.33. The molecule has 1 aromatic rings. The number of rotatable bonds is 3. The first-order chi connectivity index (χ1) is 6.66. The van der Waals surface area contributed by atoms with Gasteiger partial charge in [0.15, 0.2) is 0 Å². The maximum Gasteiger partial charge on any atom is 0.125 e. The number of nitrogens with zero attached hydrogens (tertiary/aromatic N) is 1. The van der Waals surface area contributed by atoms with Gasteiger partial charge < -0.3 is 5.73 Å². The third-order valence-electron chi connectivity index (χ3n) is 2.04. The van der Waals surface area contributed by atoms with E-state index in [-0.39, 0.29) is 0 Å². The van der Waals surface area contributed by atoms with Crippen molar-refractivity contribution < 1.29 is 0 Å². The van der Waals surface area contributed by atoms with Crippen LogP contribution in [0.5, 0.6) is 0 Å². The molecule has 0 unspecified atom stereocenters. The standard InChI is InChI=1S/C12H14N2/c1-9(10(2)12(13)14-3)11-7-5-4-6-8-11/h4-8H,1-2H2,3H3,(H2,13,14). The number of nitrogens with two attached hydrogens (primary N) is 1. The quantitative estimate of drug-likeness (QED) is 0.439. The number of hydrogen-bond acceptors (Lipinski definition) is 1. The molecule has 2 N–H and O–H groups in total. The van der Waals surface area contributed by atoms with Gasteiger partial charge in [-0.2, -0.15) is 0 Å². The molecule has 0 aliphatic rings. The van der Waals surface area contributed by atoms with Crippen molar-refractivity contribution in [3.8, 4) is 0 Å². The molecule has 0 aliphatic heterocycles. The van der Waals surface area contributed by atoms with Crippen LogP contribution in [0.1, 0.15) is 5.56 Å². The fourth-order valence-electron chi connectivity index (χ4n) is 1.10. The molecule has 0 radical (unpaired) electrons. The van der Waals surface area contributed by atoms with Crippen molar-refractivity contribution in [2.45, 2.75) is 0 Å². The SMILES string of the molecule is C=C(C(=C)c1ccccc1)/C(N)=N/C. The number of aliphatic imine (C=N–C) groups is 1. The average molecular weight is 186 g/mol. The van der Waals surface area contributed by atoms with Crippen LogP contribution in [-0.4, -0.2) is 12.9 Å². The minimum Gasteiger partial charge on any atom is -0.384 e. The van der Waals surface area contributed by atoms with Crippen molar-refractivity contribution >= 4 is 11.4 Å². The molecular weight excluding hydrogens is 172 g/mol. The molecule has 72 valence electrons. The van der Waals surface area contributed by atoms with Crippen LogP contribution in [0.3, 0.4) is 0 Å². The summed E-state index contributed by atoms with van der Waals surface area (Å²) in [5, 5.41) is 0.